The second-order valence-electron chi connectivity index (χ2n) is 3.77. The largest absolute Gasteiger partial charge is 0.358 e. The number of nitrogens with zero attached hydrogens (tertiary/aromatic N) is 2. The Balaban J connectivity index is 2.60. The number of pyridine rings is 1. The molecule has 3 nitrogen and oxygen atoms in total. The molecule has 76 valence electrons. The molecule has 1 aliphatic rings. The Hall–Kier alpha value is -0.960. The molecule has 2 rings (SSSR count). The summed E-state index contributed by atoms with van der Waals surface area (Å²) in [5.41, 5.74) is -0.00810. The van der Waals surface area contributed by atoms with E-state index in [1.54, 1.807) is 4.57 Å². The molecule has 0 saturated heterocycles. The van der Waals surface area contributed by atoms with Crippen LogP contribution in [0.3, 0.4) is 0 Å². The summed E-state index contributed by atoms with van der Waals surface area (Å²) < 4.78 is 1.77. The van der Waals surface area contributed by atoms with Crippen LogP contribution < -0.4 is 10.5 Å². The molecule has 0 saturated carbocycles. The van der Waals surface area contributed by atoms with E-state index in [1.807, 2.05) is 13.1 Å². The molecule has 1 atom stereocenters. The molecule has 4 heteroatoms. The molecule has 0 fully saturated rings. The molecule has 0 amide bonds. The minimum atomic E-state index is -0.00810. The van der Waals surface area contributed by atoms with Gasteiger partial charge in [-0.05, 0) is 19.4 Å². The van der Waals surface area contributed by atoms with E-state index in [9.17, 15) is 4.79 Å². The summed E-state index contributed by atoms with van der Waals surface area (Å²) >= 11 is 5.85. The van der Waals surface area contributed by atoms with Crippen molar-refractivity contribution in [3.8, 4) is 0 Å². The van der Waals surface area contributed by atoms with Crippen molar-refractivity contribution >= 4 is 17.4 Å². The number of fused-ring (bicyclic) bond motifs is 1. The van der Waals surface area contributed by atoms with E-state index in [0.717, 1.165) is 18.8 Å². The van der Waals surface area contributed by atoms with Crippen molar-refractivity contribution in [1.82, 2.24) is 4.57 Å². The normalized spacial score (nSPS) is 20.8. The Morgan fingerprint density at radius 3 is 2.93 bits per heavy atom. The Morgan fingerprint density at radius 1 is 1.50 bits per heavy atom. The van der Waals surface area contributed by atoms with E-state index in [2.05, 4.69) is 11.8 Å². The van der Waals surface area contributed by atoms with Crippen LogP contribution in [0.15, 0.2) is 16.9 Å². The molecule has 1 unspecified atom stereocenters. The monoisotopic (exact) mass is 212 g/mol. The van der Waals surface area contributed by atoms with E-state index < -0.39 is 0 Å². The highest BCUT2D eigenvalue weighted by Gasteiger charge is 2.20. The van der Waals surface area contributed by atoms with Crippen LogP contribution in [0.4, 0.5) is 5.82 Å². The summed E-state index contributed by atoms with van der Waals surface area (Å²) in [5, 5.41) is 0.516. The van der Waals surface area contributed by atoms with Crippen LogP contribution >= 0.6 is 11.6 Å². The molecule has 0 aliphatic carbocycles. The smallest absolute Gasteiger partial charge is 0.253 e. The Morgan fingerprint density at radius 2 is 2.21 bits per heavy atom. The molecule has 0 N–H and O–H groups in total. The van der Waals surface area contributed by atoms with Gasteiger partial charge in [0.2, 0.25) is 0 Å². The number of aromatic nitrogens is 1. The Labute approximate surface area is 87.9 Å². The minimum Gasteiger partial charge on any atom is -0.358 e. The second kappa shape index (κ2) is 3.31. The summed E-state index contributed by atoms with van der Waals surface area (Å²) in [5.74, 6) is 0.918. The quantitative estimate of drug-likeness (QED) is 0.655. The van der Waals surface area contributed by atoms with E-state index in [-0.39, 0.29) is 5.56 Å². The fourth-order valence-corrected chi connectivity index (χ4v) is 1.99. The molecule has 0 spiro atoms. The lowest BCUT2D eigenvalue weighted by Crippen LogP contribution is -2.40. The van der Waals surface area contributed by atoms with Gasteiger partial charge in [0, 0.05) is 30.7 Å². The molecule has 1 aliphatic heterocycles. The second-order valence-corrected chi connectivity index (χ2v) is 4.21. The van der Waals surface area contributed by atoms with E-state index in [0.29, 0.717) is 11.1 Å². The zero-order chi connectivity index (χ0) is 10.3. The van der Waals surface area contributed by atoms with Gasteiger partial charge in [0.15, 0.2) is 0 Å². The van der Waals surface area contributed by atoms with Gasteiger partial charge < -0.3 is 4.90 Å². The third-order valence-electron chi connectivity index (χ3n) is 2.86. The first-order valence-electron chi connectivity index (χ1n) is 4.73. The van der Waals surface area contributed by atoms with Gasteiger partial charge in [-0.2, -0.15) is 0 Å². The van der Waals surface area contributed by atoms with Crippen molar-refractivity contribution in [2.45, 2.75) is 25.9 Å². The number of rotatable bonds is 0. The average molecular weight is 213 g/mol. The first kappa shape index (κ1) is 9.59. The van der Waals surface area contributed by atoms with Crippen molar-refractivity contribution in [1.29, 1.82) is 0 Å². The zero-order valence-electron chi connectivity index (χ0n) is 8.33. The van der Waals surface area contributed by atoms with Gasteiger partial charge in [-0.1, -0.05) is 11.6 Å². The highest BCUT2D eigenvalue weighted by Crippen LogP contribution is 2.23. The van der Waals surface area contributed by atoms with Gasteiger partial charge in [-0.3, -0.25) is 9.36 Å². The molecule has 2 heterocycles. The fraction of sp³-hybridized carbons (Fsp3) is 0.500. The van der Waals surface area contributed by atoms with Crippen molar-refractivity contribution < 1.29 is 0 Å². The summed E-state index contributed by atoms with van der Waals surface area (Å²) in [7, 11) is 1.99. The van der Waals surface area contributed by atoms with Gasteiger partial charge in [0.1, 0.15) is 5.82 Å². The summed E-state index contributed by atoms with van der Waals surface area (Å²) in [4.78, 5) is 13.7. The maximum absolute atomic E-state index is 11.6. The molecule has 0 bridgehead atoms. The summed E-state index contributed by atoms with van der Waals surface area (Å²) in [6.45, 7) is 2.94. The van der Waals surface area contributed by atoms with E-state index >= 15 is 0 Å². The highest BCUT2D eigenvalue weighted by atomic mass is 35.5. The average Bonchev–Trinajstić information content (AvgIpc) is 2.12. The van der Waals surface area contributed by atoms with Crippen LogP contribution in [0.25, 0.3) is 0 Å². The van der Waals surface area contributed by atoms with Gasteiger partial charge in [-0.15, -0.1) is 0 Å². The summed E-state index contributed by atoms with van der Waals surface area (Å²) in [6, 6.07) is 3.78. The van der Waals surface area contributed by atoms with Crippen LogP contribution in [-0.2, 0) is 6.54 Å². The van der Waals surface area contributed by atoms with Crippen molar-refractivity contribution in [2.24, 2.45) is 0 Å². The highest BCUT2D eigenvalue weighted by molar-refractivity contribution is 6.30. The number of anilines is 1. The fourth-order valence-electron chi connectivity index (χ4n) is 1.80. The van der Waals surface area contributed by atoms with Crippen LogP contribution in [0, 0.1) is 0 Å². The number of hydrogen-bond donors (Lipinski definition) is 0. The zero-order valence-corrected chi connectivity index (χ0v) is 9.08. The third kappa shape index (κ3) is 1.42. The Kier molecular flexibility index (Phi) is 2.27. The lowest BCUT2D eigenvalue weighted by Gasteiger charge is -2.34. The van der Waals surface area contributed by atoms with Crippen molar-refractivity contribution in [3.63, 3.8) is 0 Å². The first-order chi connectivity index (χ1) is 6.59. The van der Waals surface area contributed by atoms with Gasteiger partial charge in [-0.25, -0.2) is 0 Å². The Bertz CT molecular complexity index is 413. The SMILES string of the molecule is CC1CCn2c(cc(Cl)cc2=O)N1C. The van der Waals surface area contributed by atoms with Crippen LogP contribution in [-0.4, -0.2) is 17.7 Å². The third-order valence-corrected chi connectivity index (χ3v) is 3.08. The van der Waals surface area contributed by atoms with Gasteiger partial charge in [0.05, 0.1) is 0 Å². The van der Waals surface area contributed by atoms with E-state index in [4.69, 9.17) is 11.6 Å². The topological polar surface area (TPSA) is 25.2 Å². The predicted molar refractivity (Wildman–Crippen MR) is 58.2 cm³/mol. The lowest BCUT2D eigenvalue weighted by molar-refractivity contribution is 0.487. The van der Waals surface area contributed by atoms with Crippen LogP contribution in [0.1, 0.15) is 13.3 Å². The van der Waals surface area contributed by atoms with Gasteiger partial charge >= 0.3 is 0 Å². The van der Waals surface area contributed by atoms with Crippen molar-refractivity contribution in [3.05, 3.63) is 27.5 Å². The predicted octanol–water partition coefficient (Wildman–Crippen LogP) is 1.73. The van der Waals surface area contributed by atoms with Crippen LogP contribution in [0.2, 0.25) is 5.02 Å². The maximum Gasteiger partial charge on any atom is 0.253 e. The summed E-state index contributed by atoms with van der Waals surface area (Å²) in [6.07, 6.45) is 1.00. The molecule has 0 radical (unpaired) electrons. The number of halogens is 1. The molecular formula is C10H13ClN2O. The standard InChI is InChI=1S/C10H13ClN2O/c1-7-3-4-13-9(12(7)2)5-8(11)6-10(13)14/h5-7H,3-4H2,1-2H3. The van der Waals surface area contributed by atoms with E-state index in [1.165, 1.54) is 6.07 Å². The first-order valence-corrected chi connectivity index (χ1v) is 5.10. The molecular weight excluding hydrogens is 200 g/mol. The maximum atomic E-state index is 11.6. The van der Waals surface area contributed by atoms with Crippen molar-refractivity contribution in [2.75, 3.05) is 11.9 Å². The van der Waals surface area contributed by atoms with Gasteiger partial charge in [0.25, 0.3) is 5.56 Å². The minimum absolute atomic E-state index is 0.00810. The lowest BCUT2D eigenvalue weighted by atomic mass is 10.1. The van der Waals surface area contributed by atoms with Crippen LogP contribution in [0.5, 0.6) is 0 Å². The molecule has 1 aromatic rings. The molecule has 0 aromatic carbocycles. The molecule has 14 heavy (non-hydrogen) atoms. The number of hydrogen-bond acceptors (Lipinski definition) is 2. The molecule has 1 aromatic heterocycles.